The van der Waals surface area contributed by atoms with Gasteiger partial charge in [-0.15, -0.1) is 0 Å². The molecule has 8 heavy (non-hydrogen) atoms. The van der Waals surface area contributed by atoms with Crippen molar-refractivity contribution in [2.75, 3.05) is 13.1 Å². The summed E-state index contributed by atoms with van der Waals surface area (Å²) in [7, 11) is 0. The van der Waals surface area contributed by atoms with Crippen molar-refractivity contribution in [3.8, 4) is 0 Å². The zero-order valence-corrected chi connectivity index (χ0v) is 4.40. The minimum atomic E-state index is -1.59. The first-order chi connectivity index (χ1) is 3.79. The van der Waals surface area contributed by atoms with E-state index in [1.807, 2.05) is 0 Å². The molecule has 0 atom stereocenters. The second kappa shape index (κ2) is 2.11. The fourth-order valence-corrected chi connectivity index (χ4v) is 0.608. The van der Waals surface area contributed by atoms with Gasteiger partial charge in [0, 0.05) is 13.1 Å². The van der Waals surface area contributed by atoms with Crippen LogP contribution in [0.1, 0.15) is 6.42 Å². The predicted octanol–water partition coefficient (Wildman–Crippen LogP) is 1.43. The molecule has 0 N–H and O–H groups in total. The molecule has 1 nitrogen and oxygen atoms in total. The topological polar surface area (TPSA) is 3.24 Å². The van der Waals surface area contributed by atoms with Crippen molar-refractivity contribution in [2.45, 2.75) is 6.42 Å². The summed E-state index contributed by atoms with van der Waals surface area (Å²) in [6.07, 6.45) is 0.345. The van der Waals surface area contributed by atoms with E-state index in [4.69, 9.17) is 0 Å². The SMILES string of the molecule is FC(F)=CN1CCC1. The van der Waals surface area contributed by atoms with E-state index in [2.05, 4.69) is 0 Å². The number of nitrogens with zero attached hydrogens (tertiary/aromatic N) is 1. The van der Waals surface area contributed by atoms with Gasteiger partial charge < -0.3 is 4.90 Å². The first-order valence-corrected chi connectivity index (χ1v) is 2.56. The van der Waals surface area contributed by atoms with E-state index in [0.717, 1.165) is 25.7 Å². The van der Waals surface area contributed by atoms with Crippen LogP contribution in [0.25, 0.3) is 0 Å². The van der Waals surface area contributed by atoms with E-state index in [9.17, 15) is 8.78 Å². The van der Waals surface area contributed by atoms with E-state index in [-0.39, 0.29) is 0 Å². The molecule has 1 aliphatic heterocycles. The predicted molar refractivity (Wildman–Crippen MR) is 26.5 cm³/mol. The second-order valence-corrected chi connectivity index (χ2v) is 1.81. The van der Waals surface area contributed by atoms with Gasteiger partial charge in [-0.25, -0.2) is 0 Å². The summed E-state index contributed by atoms with van der Waals surface area (Å²) in [6.45, 7) is 1.58. The zero-order chi connectivity index (χ0) is 5.98. The van der Waals surface area contributed by atoms with Crippen molar-refractivity contribution in [1.82, 2.24) is 4.90 Å². The largest absolute Gasteiger partial charge is 0.373 e. The highest BCUT2D eigenvalue weighted by atomic mass is 19.3. The normalized spacial score (nSPS) is 17.5. The molecule has 0 radical (unpaired) electrons. The number of halogens is 2. The van der Waals surface area contributed by atoms with Crippen LogP contribution in [-0.4, -0.2) is 18.0 Å². The number of hydrogen-bond acceptors (Lipinski definition) is 1. The Labute approximate surface area is 46.6 Å². The molecule has 1 fully saturated rings. The maximum Gasteiger partial charge on any atom is 0.286 e. The summed E-state index contributed by atoms with van der Waals surface area (Å²) in [5, 5.41) is 0. The van der Waals surface area contributed by atoms with E-state index in [1.54, 1.807) is 4.90 Å². The van der Waals surface area contributed by atoms with Gasteiger partial charge in [-0.3, -0.25) is 0 Å². The van der Waals surface area contributed by atoms with Crippen LogP contribution < -0.4 is 0 Å². The van der Waals surface area contributed by atoms with Crippen molar-refractivity contribution in [3.63, 3.8) is 0 Å². The van der Waals surface area contributed by atoms with E-state index in [1.165, 1.54) is 0 Å². The summed E-state index contributed by atoms with van der Waals surface area (Å²) in [5.41, 5.74) is 0. The van der Waals surface area contributed by atoms with Gasteiger partial charge in [0.1, 0.15) is 0 Å². The molecule has 46 valence electrons. The van der Waals surface area contributed by atoms with Crippen LogP contribution in [0.4, 0.5) is 8.78 Å². The van der Waals surface area contributed by atoms with Gasteiger partial charge in [-0.05, 0) is 6.42 Å². The molecule has 0 aromatic heterocycles. The van der Waals surface area contributed by atoms with Gasteiger partial charge in [0.25, 0.3) is 6.08 Å². The fourth-order valence-electron chi connectivity index (χ4n) is 0.608. The average Bonchev–Trinajstić information content (AvgIpc) is 1.55. The molecule has 1 saturated heterocycles. The number of rotatable bonds is 1. The van der Waals surface area contributed by atoms with Crippen LogP contribution >= 0.6 is 0 Å². The van der Waals surface area contributed by atoms with E-state index in [0.29, 0.717) is 0 Å². The molecule has 0 aromatic rings. The Morgan fingerprint density at radius 3 is 2.12 bits per heavy atom. The van der Waals surface area contributed by atoms with Crippen LogP contribution in [0.2, 0.25) is 0 Å². The quantitative estimate of drug-likeness (QED) is 0.504. The summed E-state index contributed by atoms with van der Waals surface area (Å²) in [4.78, 5) is 1.59. The maximum atomic E-state index is 11.3. The highest BCUT2D eigenvalue weighted by Gasteiger charge is 2.09. The summed E-state index contributed by atoms with van der Waals surface area (Å²) < 4.78 is 22.7. The van der Waals surface area contributed by atoms with Crippen molar-refractivity contribution < 1.29 is 8.78 Å². The van der Waals surface area contributed by atoms with Crippen LogP contribution in [-0.2, 0) is 0 Å². The minimum absolute atomic E-state index is 0.789. The maximum absolute atomic E-state index is 11.3. The van der Waals surface area contributed by atoms with Gasteiger partial charge in [0.05, 0.1) is 6.20 Å². The lowest BCUT2D eigenvalue weighted by Crippen LogP contribution is -2.31. The molecule has 3 heteroatoms. The third-order valence-electron chi connectivity index (χ3n) is 1.17. The molecule has 0 unspecified atom stereocenters. The van der Waals surface area contributed by atoms with Crippen molar-refractivity contribution in [3.05, 3.63) is 12.3 Å². The van der Waals surface area contributed by atoms with Crippen LogP contribution in [0.15, 0.2) is 12.3 Å². The van der Waals surface area contributed by atoms with Crippen LogP contribution in [0, 0.1) is 0 Å². The van der Waals surface area contributed by atoms with Crippen molar-refractivity contribution in [2.24, 2.45) is 0 Å². The lowest BCUT2D eigenvalue weighted by atomic mass is 10.2. The highest BCUT2D eigenvalue weighted by molar-refractivity contribution is 4.85. The summed E-state index contributed by atoms with van der Waals surface area (Å²) in [6, 6.07) is 0. The van der Waals surface area contributed by atoms with Gasteiger partial charge in [-0.1, -0.05) is 0 Å². The highest BCUT2D eigenvalue weighted by Crippen LogP contribution is 2.09. The monoisotopic (exact) mass is 119 g/mol. The molecule has 0 aliphatic carbocycles. The average molecular weight is 119 g/mol. The van der Waals surface area contributed by atoms with Gasteiger partial charge in [0.2, 0.25) is 0 Å². The molecule has 0 bridgehead atoms. The van der Waals surface area contributed by atoms with Crippen LogP contribution in [0.3, 0.4) is 0 Å². The number of hydrogen-bond donors (Lipinski definition) is 0. The Bertz CT molecular complexity index is 103. The zero-order valence-electron chi connectivity index (χ0n) is 4.40. The van der Waals surface area contributed by atoms with Gasteiger partial charge >= 0.3 is 0 Å². The third-order valence-corrected chi connectivity index (χ3v) is 1.17. The van der Waals surface area contributed by atoms with Crippen molar-refractivity contribution >= 4 is 0 Å². The molecule has 0 saturated carbocycles. The smallest absolute Gasteiger partial charge is 0.286 e. The second-order valence-electron chi connectivity index (χ2n) is 1.81. The van der Waals surface area contributed by atoms with Gasteiger partial charge in [0.15, 0.2) is 0 Å². The molecule has 0 aromatic carbocycles. The molecule has 0 amide bonds. The van der Waals surface area contributed by atoms with E-state index >= 15 is 0 Å². The fraction of sp³-hybridized carbons (Fsp3) is 0.600. The first-order valence-electron chi connectivity index (χ1n) is 2.56. The molecule has 1 heterocycles. The van der Waals surface area contributed by atoms with Crippen LogP contribution in [0.5, 0.6) is 0 Å². The molecular weight excluding hydrogens is 112 g/mol. The standard InChI is InChI=1S/C5H7F2N/c6-5(7)4-8-2-1-3-8/h4H,1-3H2. The Hall–Kier alpha value is -0.600. The van der Waals surface area contributed by atoms with Gasteiger partial charge in [-0.2, -0.15) is 8.78 Å². The molecule has 1 aliphatic rings. The lowest BCUT2D eigenvalue weighted by Gasteiger charge is -2.28. The molecular formula is C5H7F2N. The summed E-state index contributed by atoms with van der Waals surface area (Å²) in [5.74, 6) is 0. The Kier molecular flexibility index (Phi) is 1.46. The Morgan fingerprint density at radius 2 is 2.00 bits per heavy atom. The summed E-state index contributed by atoms with van der Waals surface area (Å²) >= 11 is 0. The lowest BCUT2D eigenvalue weighted by molar-refractivity contribution is 0.245. The molecule has 1 rings (SSSR count). The minimum Gasteiger partial charge on any atom is -0.373 e. The Balaban J connectivity index is 2.27. The third kappa shape index (κ3) is 1.18. The van der Waals surface area contributed by atoms with Crippen molar-refractivity contribution in [1.29, 1.82) is 0 Å². The molecule has 0 spiro atoms. The Morgan fingerprint density at radius 1 is 1.38 bits per heavy atom. The van der Waals surface area contributed by atoms with E-state index < -0.39 is 6.08 Å². The number of likely N-dealkylation sites (tertiary alicyclic amines) is 1. The first kappa shape index (κ1) is 5.54.